The van der Waals surface area contributed by atoms with E-state index in [4.69, 9.17) is 4.74 Å². The molecule has 176 valence electrons. The number of imide groups is 1. The minimum absolute atomic E-state index is 0.0478. The van der Waals surface area contributed by atoms with E-state index >= 15 is 0 Å². The molecule has 4 rings (SSSR count). The van der Waals surface area contributed by atoms with Gasteiger partial charge in [0.2, 0.25) is 0 Å². The molecule has 2 amide bonds. The first kappa shape index (κ1) is 23.2. The molecule has 0 spiro atoms. The number of aryl methyl sites for hydroxylation is 2. The van der Waals surface area contributed by atoms with Crippen LogP contribution in [0.3, 0.4) is 0 Å². The van der Waals surface area contributed by atoms with Crippen molar-refractivity contribution in [1.82, 2.24) is 9.88 Å². The Morgan fingerprint density at radius 1 is 1.00 bits per heavy atom. The lowest BCUT2D eigenvalue weighted by molar-refractivity contribution is -0.123. The van der Waals surface area contributed by atoms with Crippen LogP contribution in [-0.4, -0.2) is 43.9 Å². The van der Waals surface area contributed by atoms with Gasteiger partial charge in [-0.3, -0.25) is 19.2 Å². The van der Waals surface area contributed by atoms with E-state index in [2.05, 4.69) is 5.32 Å². The molecule has 0 aliphatic carbocycles. The van der Waals surface area contributed by atoms with E-state index in [-0.39, 0.29) is 16.2 Å². The highest BCUT2D eigenvalue weighted by Gasteiger charge is 2.29. The first-order valence-corrected chi connectivity index (χ1v) is 12.0. The Kier molecular flexibility index (Phi) is 6.51. The summed E-state index contributed by atoms with van der Waals surface area (Å²) in [7, 11) is -2.14. The third-order valence-corrected chi connectivity index (χ3v) is 7.34. The van der Waals surface area contributed by atoms with Crippen molar-refractivity contribution < 1.29 is 27.5 Å². The summed E-state index contributed by atoms with van der Waals surface area (Å²) in [5.74, 6) is -2.20. The highest BCUT2D eigenvalue weighted by atomic mass is 32.2. The number of sulfonamides is 1. The highest BCUT2D eigenvalue weighted by molar-refractivity contribution is 7.92. The second kappa shape index (κ2) is 9.52. The van der Waals surface area contributed by atoms with Crippen molar-refractivity contribution in [2.75, 3.05) is 17.5 Å². The third kappa shape index (κ3) is 4.72. The second-order valence-corrected chi connectivity index (χ2v) is 9.65. The fraction of sp³-hybridized carbons (Fsp3) is 0.208. The van der Waals surface area contributed by atoms with Gasteiger partial charge in [-0.1, -0.05) is 18.2 Å². The molecule has 10 heteroatoms. The normalized spacial score (nSPS) is 13.1. The van der Waals surface area contributed by atoms with Crippen LogP contribution < -0.4 is 9.62 Å². The van der Waals surface area contributed by atoms with Gasteiger partial charge < -0.3 is 9.30 Å². The van der Waals surface area contributed by atoms with Gasteiger partial charge in [0.25, 0.3) is 21.8 Å². The molecule has 9 nitrogen and oxygen atoms in total. The van der Waals surface area contributed by atoms with Gasteiger partial charge in [0, 0.05) is 19.8 Å². The molecule has 3 aromatic rings. The van der Waals surface area contributed by atoms with Crippen LogP contribution in [0.5, 0.6) is 0 Å². The Morgan fingerprint density at radius 2 is 1.74 bits per heavy atom. The number of carbonyl (C=O) groups excluding carboxylic acids is 3. The zero-order chi connectivity index (χ0) is 24.3. The molecule has 0 saturated heterocycles. The maximum Gasteiger partial charge on any atom is 0.338 e. The summed E-state index contributed by atoms with van der Waals surface area (Å²) in [6.07, 6.45) is 3.19. The van der Waals surface area contributed by atoms with Crippen molar-refractivity contribution in [2.24, 2.45) is 7.05 Å². The van der Waals surface area contributed by atoms with Crippen LogP contribution >= 0.6 is 0 Å². The Morgan fingerprint density at radius 3 is 2.44 bits per heavy atom. The van der Waals surface area contributed by atoms with Crippen molar-refractivity contribution in [3.8, 4) is 0 Å². The number of para-hydroxylation sites is 1. The van der Waals surface area contributed by atoms with Crippen molar-refractivity contribution in [1.29, 1.82) is 0 Å². The number of hydrogen-bond donors (Lipinski definition) is 1. The minimum atomic E-state index is -3.80. The molecule has 0 bridgehead atoms. The topological polar surface area (TPSA) is 115 Å². The number of ether oxygens (including phenoxy) is 1. The van der Waals surface area contributed by atoms with Crippen molar-refractivity contribution >= 4 is 33.5 Å². The van der Waals surface area contributed by atoms with E-state index in [1.807, 2.05) is 12.1 Å². The van der Waals surface area contributed by atoms with Crippen LogP contribution in [0.25, 0.3) is 0 Å². The van der Waals surface area contributed by atoms with Gasteiger partial charge in [-0.25, -0.2) is 13.2 Å². The number of aromatic nitrogens is 1. The molecule has 1 aliphatic heterocycles. The van der Waals surface area contributed by atoms with Crippen LogP contribution in [0.15, 0.2) is 71.8 Å². The summed E-state index contributed by atoms with van der Waals surface area (Å²) in [5, 5.41) is 2.14. The van der Waals surface area contributed by atoms with E-state index in [1.165, 1.54) is 28.6 Å². The quantitative estimate of drug-likeness (QED) is 0.540. The monoisotopic (exact) mass is 481 g/mol. The highest BCUT2D eigenvalue weighted by Crippen LogP contribution is 2.31. The van der Waals surface area contributed by atoms with Crippen molar-refractivity contribution in [3.05, 3.63) is 83.7 Å². The summed E-state index contributed by atoms with van der Waals surface area (Å²) >= 11 is 0. The molecule has 0 saturated carbocycles. The largest absolute Gasteiger partial charge is 0.452 e. The van der Waals surface area contributed by atoms with Crippen LogP contribution in [0.2, 0.25) is 0 Å². The molecule has 0 unspecified atom stereocenters. The summed E-state index contributed by atoms with van der Waals surface area (Å²) in [4.78, 5) is 36.3. The van der Waals surface area contributed by atoms with Gasteiger partial charge in [0.1, 0.15) is 5.69 Å². The van der Waals surface area contributed by atoms with Crippen LogP contribution in [-0.2, 0) is 33.0 Å². The standard InChI is InChI=1S/C24H23N3O6S/c1-26-14-5-9-21(26)23(29)25-22(28)16-33-24(30)18-10-12-19(13-11-18)34(31,32)27-15-4-7-17-6-2-3-8-20(17)27/h2-3,5-6,8-14H,4,7,15-16H2,1H3,(H,25,28,29). The molecule has 34 heavy (non-hydrogen) atoms. The van der Waals surface area contributed by atoms with E-state index < -0.39 is 34.4 Å². The number of rotatable bonds is 6. The lowest BCUT2D eigenvalue weighted by Crippen LogP contribution is -2.35. The molecule has 0 atom stereocenters. The molecule has 1 N–H and O–H groups in total. The van der Waals surface area contributed by atoms with Gasteiger partial charge in [-0.05, 0) is 60.9 Å². The lowest BCUT2D eigenvalue weighted by Gasteiger charge is -2.30. The maximum absolute atomic E-state index is 13.2. The molecule has 2 heterocycles. The fourth-order valence-corrected chi connectivity index (χ4v) is 5.32. The summed E-state index contributed by atoms with van der Waals surface area (Å²) in [5.41, 5.74) is 2.00. The number of benzene rings is 2. The Bertz CT molecular complexity index is 1350. The number of esters is 1. The van der Waals surface area contributed by atoms with E-state index in [0.29, 0.717) is 12.2 Å². The third-order valence-electron chi connectivity index (χ3n) is 5.51. The zero-order valence-corrected chi connectivity index (χ0v) is 19.2. The SMILES string of the molecule is Cn1cccc1C(=O)NC(=O)COC(=O)c1ccc(S(=O)(=O)N2CCCc3ccccc32)cc1. The van der Waals surface area contributed by atoms with Crippen molar-refractivity contribution in [3.63, 3.8) is 0 Å². The van der Waals surface area contributed by atoms with Crippen LogP contribution in [0.4, 0.5) is 5.69 Å². The maximum atomic E-state index is 13.2. The fourth-order valence-electron chi connectivity index (χ4n) is 3.78. The number of fused-ring (bicyclic) bond motifs is 1. The molecular weight excluding hydrogens is 458 g/mol. The number of hydrogen-bond acceptors (Lipinski definition) is 6. The van der Waals surface area contributed by atoms with Gasteiger partial charge in [-0.2, -0.15) is 0 Å². The molecule has 0 fully saturated rings. The molecule has 0 radical (unpaired) electrons. The number of carbonyl (C=O) groups is 3. The second-order valence-electron chi connectivity index (χ2n) is 7.79. The summed E-state index contributed by atoms with van der Waals surface area (Å²) < 4.78 is 34.3. The average molecular weight is 482 g/mol. The minimum Gasteiger partial charge on any atom is -0.452 e. The Hall–Kier alpha value is -3.92. The van der Waals surface area contributed by atoms with Crippen LogP contribution in [0.1, 0.15) is 32.8 Å². The predicted octanol–water partition coefficient (Wildman–Crippen LogP) is 2.28. The predicted molar refractivity (Wildman–Crippen MR) is 124 cm³/mol. The summed E-state index contributed by atoms with van der Waals surface area (Å²) in [6.45, 7) is -0.278. The number of nitrogens with zero attached hydrogens (tertiary/aromatic N) is 2. The van der Waals surface area contributed by atoms with Gasteiger partial charge in [0.15, 0.2) is 6.61 Å². The number of amides is 2. The number of anilines is 1. The lowest BCUT2D eigenvalue weighted by atomic mass is 10.0. The van der Waals surface area contributed by atoms with Gasteiger partial charge >= 0.3 is 5.97 Å². The van der Waals surface area contributed by atoms with E-state index in [9.17, 15) is 22.8 Å². The molecular formula is C24H23N3O6S. The van der Waals surface area contributed by atoms with Gasteiger partial charge in [-0.15, -0.1) is 0 Å². The van der Waals surface area contributed by atoms with Crippen molar-refractivity contribution in [2.45, 2.75) is 17.7 Å². The first-order valence-electron chi connectivity index (χ1n) is 10.6. The molecule has 2 aromatic carbocycles. The average Bonchev–Trinajstić information content (AvgIpc) is 3.28. The first-order chi connectivity index (χ1) is 16.3. The summed E-state index contributed by atoms with van der Waals surface area (Å²) in [6, 6.07) is 15.9. The molecule has 1 aromatic heterocycles. The smallest absolute Gasteiger partial charge is 0.338 e. The van der Waals surface area contributed by atoms with Gasteiger partial charge in [0.05, 0.1) is 16.1 Å². The van der Waals surface area contributed by atoms with E-state index in [0.717, 1.165) is 18.4 Å². The van der Waals surface area contributed by atoms with Crippen LogP contribution in [0, 0.1) is 0 Å². The Balaban J connectivity index is 1.39. The zero-order valence-electron chi connectivity index (χ0n) is 18.4. The van der Waals surface area contributed by atoms with E-state index in [1.54, 1.807) is 42.1 Å². The number of nitrogens with one attached hydrogen (secondary N) is 1. The Labute approximate surface area is 197 Å². The molecule has 1 aliphatic rings.